The number of aromatic nitrogens is 3. The lowest BCUT2D eigenvalue weighted by Gasteiger charge is -2.20. The molecule has 206 valence electrons. The molecule has 0 bridgehead atoms. The third kappa shape index (κ3) is 6.63. The van der Waals surface area contributed by atoms with Crippen molar-refractivity contribution in [2.45, 2.75) is 71.1 Å². The highest BCUT2D eigenvalue weighted by atomic mass is 16.5. The molecule has 38 heavy (non-hydrogen) atoms. The average molecular weight is 525 g/mol. The van der Waals surface area contributed by atoms with Crippen LogP contribution in [0.2, 0.25) is 0 Å². The van der Waals surface area contributed by atoms with Crippen LogP contribution in [0.3, 0.4) is 0 Å². The first-order valence-electron chi connectivity index (χ1n) is 13.6. The van der Waals surface area contributed by atoms with Crippen molar-refractivity contribution in [1.82, 2.24) is 19.4 Å². The Morgan fingerprint density at radius 3 is 2.71 bits per heavy atom. The molecule has 1 saturated carbocycles. The van der Waals surface area contributed by atoms with E-state index in [4.69, 9.17) is 19.2 Å². The van der Waals surface area contributed by atoms with Gasteiger partial charge in [0.2, 0.25) is 0 Å². The number of rotatable bonds is 13. The van der Waals surface area contributed by atoms with Crippen molar-refractivity contribution in [2.75, 3.05) is 26.9 Å². The van der Waals surface area contributed by atoms with E-state index in [0.29, 0.717) is 37.5 Å². The Bertz CT molecular complexity index is 1270. The van der Waals surface area contributed by atoms with Crippen molar-refractivity contribution in [3.05, 3.63) is 46.4 Å². The predicted molar refractivity (Wildman–Crippen MR) is 148 cm³/mol. The zero-order valence-electron chi connectivity index (χ0n) is 23.0. The number of pyridine rings is 1. The number of fused-ring (bicyclic) bond motifs is 1. The third-order valence-electron chi connectivity index (χ3n) is 7.13. The van der Waals surface area contributed by atoms with Gasteiger partial charge >= 0.3 is 5.97 Å². The summed E-state index contributed by atoms with van der Waals surface area (Å²) in [6.45, 7) is 6.18. The zero-order valence-corrected chi connectivity index (χ0v) is 23.0. The van der Waals surface area contributed by atoms with Crippen molar-refractivity contribution < 1.29 is 19.0 Å². The topological polar surface area (TPSA) is 96.6 Å². The van der Waals surface area contributed by atoms with Gasteiger partial charge < -0.3 is 28.7 Å². The molecule has 2 aromatic heterocycles. The summed E-state index contributed by atoms with van der Waals surface area (Å²) >= 11 is 0. The number of carbonyl (C=O) groups excluding carboxylic acids is 1. The Balaban J connectivity index is 1.40. The molecule has 2 heterocycles. The van der Waals surface area contributed by atoms with Crippen molar-refractivity contribution in [1.29, 1.82) is 0 Å². The van der Waals surface area contributed by atoms with Crippen LogP contribution in [0.25, 0.3) is 22.4 Å². The number of hydrogen-bond acceptors (Lipinski definition) is 7. The van der Waals surface area contributed by atoms with Gasteiger partial charge in [0.15, 0.2) is 0 Å². The first kappa shape index (κ1) is 27.9. The number of methoxy groups -OCH3 is 1. The lowest BCUT2D eigenvalue weighted by molar-refractivity contribution is -0.151. The molecule has 9 nitrogen and oxygen atoms in total. The molecule has 1 fully saturated rings. The van der Waals surface area contributed by atoms with Crippen LogP contribution in [0.1, 0.15) is 51.0 Å². The maximum atomic E-state index is 12.7. The van der Waals surface area contributed by atoms with Gasteiger partial charge in [0.1, 0.15) is 30.3 Å². The summed E-state index contributed by atoms with van der Waals surface area (Å²) in [7, 11) is 3.42. The van der Waals surface area contributed by atoms with Gasteiger partial charge in [-0.15, -0.1) is 0 Å². The Kier molecular flexibility index (Phi) is 9.58. The molecule has 0 spiro atoms. The van der Waals surface area contributed by atoms with Crippen molar-refractivity contribution in [2.24, 2.45) is 7.05 Å². The van der Waals surface area contributed by atoms with Crippen LogP contribution >= 0.6 is 0 Å². The SMILES string of the molecule is CCn1c(-c2cc(C)c(=O)n(C)c2)nc2cc(OCCN[C@@H](CCCOC)C(=O)OC3CCCC3)ccc21. The molecule has 0 aliphatic heterocycles. The normalized spacial score (nSPS) is 14.7. The summed E-state index contributed by atoms with van der Waals surface area (Å²) in [6, 6.07) is 7.41. The quantitative estimate of drug-likeness (QED) is 0.267. The third-order valence-corrected chi connectivity index (χ3v) is 7.13. The van der Waals surface area contributed by atoms with Gasteiger partial charge in [-0.05, 0) is 70.6 Å². The van der Waals surface area contributed by atoms with Gasteiger partial charge in [-0.2, -0.15) is 0 Å². The molecule has 1 aliphatic carbocycles. The summed E-state index contributed by atoms with van der Waals surface area (Å²) < 4.78 is 20.6. The van der Waals surface area contributed by atoms with Gasteiger partial charge in [-0.3, -0.25) is 9.59 Å². The maximum Gasteiger partial charge on any atom is 0.323 e. The van der Waals surface area contributed by atoms with Crippen LogP contribution in [0.5, 0.6) is 5.75 Å². The zero-order chi connectivity index (χ0) is 27.1. The Labute approximate surface area is 224 Å². The fraction of sp³-hybridized carbons (Fsp3) is 0.552. The highest BCUT2D eigenvalue weighted by molar-refractivity contribution is 5.82. The Morgan fingerprint density at radius 1 is 1.21 bits per heavy atom. The number of esters is 1. The molecule has 3 aromatic rings. The fourth-order valence-corrected chi connectivity index (χ4v) is 5.13. The van der Waals surface area contributed by atoms with Crippen molar-refractivity contribution in [3.63, 3.8) is 0 Å². The number of benzene rings is 1. The molecule has 0 unspecified atom stereocenters. The molecular formula is C29H40N4O5. The maximum absolute atomic E-state index is 12.7. The van der Waals surface area contributed by atoms with Crippen LogP contribution in [-0.2, 0) is 27.9 Å². The van der Waals surface area contributed by atoms with Gasteiger partial charge in [0, 0.05) is 57.2 Å². The van der Waals surface area contributed by atoms with E-state index >= 15 is 0 Å². The van der Waals surface area contributed by atoms with Crippen LogP contribution in [0.4, 0.5) is 0 Å². The molecule has 0 saturated heterocycles. The van der Waals surface area contributed by atoms with Gasteiger partial charge in [-0.25, -0.2) is 4.98 Å². The van der Waals surface area contributed by atoms with Crippen LogP contribution in [0, 0.1) is 6.92 Å². The number of imidazole rings is 1. The van der Waals surface area contributed by atoms with Crippen LogP contribution < -0.4 is 15.6 Å². The molecule has 1 atom stereocenters. The van der Waals surface area contributed by atoms with E-state index in [0.717, 1.165) is 61.1 Å². The molecule has 0 amide bonds. The number of carbonyl (C=O) groups is 1. The number of nitrogens with one attached hydrogen (secondary N) is 1. The first-order chi connectivity index (χ1) is 18.4. The standard InChI is InChI=1S/C29H40N4O5/c1-5-33-26-13-12-23(18-25(26)31-27(33)21-17-20(2)28(34)32(3)19-21)37-16-14-30-24(11-8-15-36-4)29(35)38-22-9-6-7-10-22/h12-13,17-19,22,24,30H,5-11,14-16H2,1-4H3/t24-/m0/s1. The minimum absolute atomic E-state index is 0.00931. The van der Waals surface area contributed by atoms with Crippen molar-refractivity contribution >= 4 is 17.0 Å². The summed E-state index contributed by atoms with van der Waals surface area (Å²) in [5.41, 5.74) is 3.41. The second-order valence-electron chi connectivity index (χ2n) is 9.99. The van der Waals surface area contributed by atoms with E-state index in [-0.39, 0.29) is 23.7 Å². The minimum atomic E-state index is -0.370. The van der Waals surface area contributed by atoms with Crippen LogP contribution in [0.15, 0.2) is 35.3 Å². The number of nitrogens with zero attached hydrogens (tertiary/aromatic N) is 3. The molecule has 9 heteroatoms. The number of hydrogen-bond donors (Lipinski definition) is 1. The highest BCUT2D eigenvalue weighted by Gasteiger charge is 2.25. The van der Waals surface area contributed by atoms with E-state index in [9.17, 15) is 9.59 Å². The summed E-state index contributed by atoms with van der Waals surface area (Å²) in [5.74, 6) is 1.35. The van der Waals surface area contributed by atoms with E-state index in [2.05, 4.69) is 16.8 Å². The van der Waals surface area contributed by atoms with Crippen LogP contribution in [-0.4, -0.2) is 59.1 Å². The second-order valence-corrected chi connectivity index (χ2v) is 9.99. The molecule has 0 radical (unpaired) electrons. The Hall–Kier alpha value is -3.17. The van der Waals surface area contributed by atoms with E-state index in [1.165, 1.54) is 0 Å². The fourth-order valence-electron chi connectivity index (χ4n) is 5.13. The van der Waals surface area contributed by atoms with E-state index in [1.54, 1.807) is 18.7 Å². The van der Waals surface area contributed by atoms with Gasteiger partial charge in [0.25, 0.3) is 5.56 Å². The van der Waals surface area contributed by atoms with E-state index < -0.39 is 0 Å². The summed E-state index contributed by atoms with van der Waals surface area (Å²) in [4.78, 5) is 29.8. The number of aryl methyl sites for hydroxylation is 3. The molecule has 1 aromatic carbocycles. The lowest BCUT2D eigenvalue weighted by Crippen LogP contribution is -2.41. The first-order valence-corrected chi connectivity index (χ1v) is 13.6. The molecule has 1 aliphatic rings. The molecule has 1 N–H and O–H groups in total. The summed E-state index contributed by atoms with van der Waals surface area (Å²) in [5, 5.41) is 3.32. The van der Waals surface area contributed by atoms with Gasteiger partial charge in [-0.1, -0.05) is 0 Å². The Morgan fingerprint density at radius 2 is 2.00 bits per heavy atom. The highest BCUT2D eigenvalue weighted by Crippen LogP contribution is 2.27. The van der Waals surface area contributed by atoms with E-state index in [1.807, 2.05) is 37.4 Å². The lowest BCUT2D eigenvalue weighted by atomic mass is 10.1. The smallest absolute Gasteiger partial charge is 0.323 e. The average Bonchev–Trinajstić information content (AvgIpc) is 3.55. The number of ether oxygens (including phenoxy) is 3. The monoisotopic (exact) mass is 524 g/mol. The molecular weight excluding hydrogens is 484 g/mol. The van der Waals surface area contributed by atoms with Crippen molar-refractivity contribution in [3.8, 4) is 17.1 Å². The van der Waals surface area contributed by atoms with Gasteiger partial charge in [0.05, 0.1) is 11.0 Å². The summed E-state index contributed by atoms with van der Waals surface area (Å²) in [6.07, 6.45) is 7.48. The predicted octanol–water partition coefficient (Wildman–Crippen LogP) is 3.98. The molecule has 4 rings (SSSR count). The minimum Gasteiger partial charge on any atom is -0.492 e. The largest absolute Gasteiger partial charge is 0.492 e. The second kappa shape index (κ2) is 13.1.